The Labute approximate surface area is 118 Å². The monoisotopic (exact) mass is 279 g/mol. The number of phenols is 1. The van der Waals surface area contributed by atoms with E-state index < -0.39 is 17.4 Å². The van der Waals surface area contributed by atoms with Gasteiger partial charge in [-0.1, -0.05) is 39.0 Å². The number of carbonyl (C=O) groups is 2. The summed E-state index contributed by atoms with van der Waals surface area (Å²) in [6, 6.07) is 5.85. The molecule has 0 saturated heterocycles. The first kappa shape index (κ1) is 16.0. The third-order valence-electron chi connectivity index (χ3n) is 3.03. The average molecular weight is 279 g/mol. The van der Waals surface area contributed by atoms with Crippen LogP contribution < -0.4 is 5.32 Å². The number of aryl methyl sites for hydroxylation is 1. The summed E-state index contributed by atoms with van der Waals surface area (Å²) in [4.78, 5) is 23.0. The average Bonchev–Trinajstić information content (AvgIpc) is 2.33. The Morgan fingerprint density at radius 1 is 1.25 bits per heavy atom. The maximum Gasteiger partial charge on any atom is 0.326 e. The molecule has 0 fully saturated rings. The van der Waals surface area contributed by atoms with E-state index in [-0.39, 0.29) is 18.1 Å². The van der Waals surface area contributed by atoms with Crippen molar-refractivity contribution in [2.75, 3.05) is 0 Å². The van der Waals surface area contributed by atoms with Crippen molar-refractivity contribution in [1.29, 1.82) is 0 Å². The maximum atomic E-state index is 11.8. The van der Waals surface area contributed by atoms with Gasteiger partial charge >= 0.3 is 5.97 Å². The Hall–Kier alpha value is -2.04. The van der Waals surface area contributed by atoms with Crippen molar-refractivity contribution in [3.63, 3.8) is 0 Å². The van der Waals surface area contributed by atoms with E-state index in [1.807, 2.05) is 0 Å². The smallest absolute Gasteiger partial charge is 0.326 e. The van der Waals surface area contributed by atoms with E-state index in [9.17, 15) is 14.7 Å². The molecule has 0 bridgehead atoms. The molecule has 5 nitrogen and oxygen atoms in total. The third-order valence-corrected chi connectivity index (χ3v) is 3.03. The Balaban J connectivity index is 2.60. The van der Waals surface area contributed by atoms with Crippen molar-refractivity contribution in [2.24, 2.45) is 5.41 Å². The minimum Gasteiger partial charge on any atom is -0.508 e. The summed E-state index contributed by atoms with van der Waals surface area (Å²) >= 11 is 0. The SMILES string of the molecule is CC(C)(C)[C@H](NC(=O)CCc1ccccc1O)C(=O)O. The van der Waals surface area contributed by atoms with Crippen molar-refractivity contribution < 1.29 is 19.8 Å². The molecule has 0 aliphatic carbocycles. The Bertz CT molecular complexity index is 491. The molecule has 0 aliphatic heterocycles. The van der Waals surface area contributed by atoms with Gasteiger partial charge in [0, 0.05) is 6.42 Å². The lowest BCUT2D eigenvalue weighted by molar-refractivity contribution is -0.144. The first-order valence-corrected chi connectivity index (χ1v) is 6.51. The quantitative estimate of drug-likeness (QED) is 0.768. The fourth-order valence-corrected chi connectivity index (χ4v) is 1.85. The van der Waals surface area contributed by atoms with E-state index >= 15 is 0 Å². The molecular weight excluding hydrogens is 258 g/mol. The van der Waals surface area contributed by atoms with Gasteiger partial charge in [-0.25, -0.2) is 4.79 Å². The van der Waals surface area contributed by atoms with E-state index in [4.69, 9.17) is 5.11 Å². The van der Waals surface area contributed by atoms with E-state index in [0.29, 0.717) is 12.0 Å². The number of hydrogen-bond acceptors (Lipinski definition) is 3. The normalized spacial score (nSPS) is 12.8. The molecule has 0 radical (unpaired) electrons. The zero-order valence-corrected chi connectivity index (χ0v) is 12.0. The van der Waals surface area contributed by atoms with Crippen LogP contribution in [0.5, 0.6) is 5.75 Å². The van der Waals surface area contributed by atoms with Crippen molar-refractivity contribution >= 4 is 11.9 Å². The fourth-order valence-electron chi connectivity index (χ4n) is 1.85. The van der Waals surface area contributed by atoms with Gasteiger partial charge in [-0.3, -0.25) is 4.79 Å². The number of para-hydroxylation sites is 1. The second-order valence-electron chi connectivity index (χ2n) is 5.83. The van der Waals surface area contributed by atoms with Gasteiger partial charge in [0.25, 0.3) is 0 Å². The lowest BCUT2D eigenvalue weighted by atomic mass is 9.86. The summed E-state index contributed by atoms with van der Waals surface area (Å²) < 4.78 is 0. The molecule has 1 atom stereocenters. The summed E-state index contributed by atoms with van der Waals surface area (Å²) in [5.41, 5.74) is 0.112. The number of carbonyl (C=O) groups excluding carboxylic acids is 1. The first-order valence-electron chi connectivity index (χ1n) is 6.51. The Morgan fingerprint density at radius 3 is 2.35 bits per heavy atom. The van der Waals surface area contributed by atoms with Crippen LogP contribution in [-0.2, 0) is 16.0 Å². The molecule has 1 amide bonds. The predicted molar refractivity (Wildman–Crippen MR) is 75.4 cm³/mol. The number of amides is 1. The summed E-state index contributed by atoms with van der Waals surface area (Å²) in [7, 11) is 0. The molecule has 0 spiro atoms. The molecule has 5 heteroatoms. The van der Waals surface area contributed by atoms with Gasteiger partial charge < -0.3 is 15.5 Å². The van der Waals surface area contributed by atoms with E-state index in [0.717, 1.165) is 0 Å². The number of carboxylic acids is 1. The first-order chi connectivity index (χ1) is 9.21. The molecule has 110 valence electrons. The lowest BCUT2D eigenvalue weighted by Gasteiger charge is -2.27. The van der Waals surface area contributed by atoms with Crippen LogP contribution in [0.15, 0.2) is 24.3 Å². The Morgan fingerprint density at radius 2 is 1.85 bits per heavy atom. The van der Waals surface area contributed by atoms with Crippen molar-refractivity contribution in [1.82, 2.24) is 5.32 Å². The molecule has 0 unspecified atom stereocenters. The van der Waals surface area contributed by atoms with Crippen molar-refractivity contribution in [2.45, 2.75) is 39.7 Å². The topological polar surface area (TPSA) is 86.6 Å². The highest BCUT2D eigenvalue weighted by Crippen LogP contribution is 2.20. The van der Waals surface area contributed by atoms with Gasteiger partial charge in [0.05, 0.1) is 0 Å². The highest BCUT2D eigenvalue weighted by atomic mass is 16.4. The highest BCUT2D eigenvalue weighted by Gasteiger charge is 2.32. The summed E-state index contributed by atoms with van der Waals surface area (Å²) in [6.07, 6.45) is 0.506. The molecule has 20 heavy (non-hydrogen) atoms. The number of aliphatic carboxylic acids is 1. The number of aromatic hydroxyl groups is 1. The fraction of sp³-hybridized carbons (Fsp3) is 0.467. The van der Waals surface area contributed by atoms with Crippen LogP contribution in [0.2, 0.25) is 0 Å². The van der Waals surface area contributed by atoms with Crippen molar-refractivity contribution in [3.8, 4) is 5.75 Å². The van der Waals surface area contributed by atoms with Crippen LogP contribution in [0.3, 0.4) is 0 Å². The third kappa shape index (κ3) is 4.57. The summed E-state index contributed by atoms with van der Waals surface area (Å²) in [5, 5.41) is 21.3. The van der Waals surface area contributed by atoms with Gasteiger partial charge in [0.1, 0.15) is 11.8 Å². The van der Waals surface area contributed by atoms with Crippen LogP contribution in [-0.4, -0.2) is 28.1 Å². The number of phenolic OH excluding ortho intramolecular Hbond substituents is 1. The largest absolute Gasteiger partial charge is 0.508 e. The van der Waals surface area contributed by atoms with E-state index in [1.165, 1.54) is 0 Å². The molecule has 1 rings (SSSR count). The number of rotatable bonds is 5. The number of nitrogens with one attached hydrogen (secondary N) is 1. The Kier molecular flexibility index (Phi) is 5.13. The van der Waals surface area contributed by atoms with E-state index in [2.05, 4.69) is 5.32 Å². The zero-order chi connectivity index (χ0) is 15.3. The van der Waals surface area contributed by atoms with Crippen LogP contribution in [0, 0.1) is 5.41 Å². The molecule has 0 aromatic heterocycles. The van der Waals surface area contributed by atoms with Gasteiger partial charge in [-0.2, -0.15) is 0 Å². The molecule has 1 aromatic carbocycles. The molecule has 0 aliphatic rings. The van der Waals surface area contributed by atoms with Crippen molar-refractivity contribution in [3.05, 3.63) is 29.8 Å². The van der Waals surface area contributed by atoms with Crippen LogP contribution in [0.25, 0.3) is 0 Å². The molecular formula is C15H21NO4. The van der Waals surface area contributed by atoms with Crippen LogP contribution in [0.4, 0.5) is 0 Å². The highest BCUT2D eigenvalue weighted by molar-refractivity contribution is 5.84. The number of carboxylic acid groups (broad SMARTS) is 1. The van der Waals surface area contributed by atoms with Gasteiger partial charge in [-0.05, 0) is 23.5 Å². The predicted octanol–water partition coefficient (Wildman–Crippen LogP) is 1.94. The molecule has 0 heterocycles. The summed E-state index contributed by atoms with van der Waals surface area (Å²) in [6.45, 7) is 5.28. The number of benzene rings is 1. The second kappa shape index (κ2) is 6.41. The molecule has 1 aromatic rings. The lowest BCUT2D eigenvalue weighted by Crippen LogP contribution is -2.49. The summed E-state index contributed by atoms with van der Waals surface area (Å²) in [5.74, 6) is -1.24. The van der Waals surface area contributed by atoms with Crippen LogP contribution in [0.1, 0.15) is 32.8 Å². The van der Waals surface area contributed by atoms with Crippen LogP contribution >= 0.6 is 0 Å². The van der Waals surface area contributed by atoms with E-state index in [1.54, 1.807) is 45.0 Å². The minimum atomic E-state index is -1.05. The van der Waals surface area contributed by atoms with Gasteiger partial charge in [-0.15, -0.1) is 0 Å². The van der Waals surface area contributed by atoms with Gasteiger partial charge in [0.2, 0.25) is 5.91 Å². The standard InChI is InChI=1S/C15H21NO4/c1-15(2,3)13(14(19)20)16-12(18)9-8-10-6-4-5-7-11(10)17/h4-7,13,17H,8-9H2,1-3H3,(H,16,18)(H,19,20)/t13-/m1/s1. The maximum absolute atomic E-state index is 11.8. The minimum absolute atomic E-state index is 0.136. The second-order valence-corrected chi connectivity index (χ2v) is 5.83. The molecule has 3 N–H and O–H groups in total. The van der Waals surface area contributed by atoms with Gasteiger partial charge in [0.15, 0.2) is 0 Å². The number of hydrogen-bond donors (Lipinski definition) is 3. The molecule has 0 saturated carbocycles. The zero-order valence-electron chi connectivity index (χ0n) is 12.0.